The van der Waals surface area contributed by atoms with Crippen LogP contribution in [-0.4, -0.2) is 52.9 Å². The number of carbonyl (C=O) groups excluding carboxylic acids is 1. The van der Waals surface area contributed by atoms with Crippen molar-refractivity contribution in [1.82, 2.24) is 14.9 Å². The molecule has 10 heteroatoms. The Labute approximate surface area is 236 Å². The number of hydrogen-bond acceptors (Lipinski definition) is 6. The van der Waals surface area contributed by atoms with Gasteiger partial charge in [-0.2, -0.15) is 0 Å². The number of aromatic nitrogens is 2. The van der Waals surface area contributed by atoms with Gasteiger partial charge in [-0.1, -0.05) is 30.8 Å². The van der Waals surface area contributed by atoms with Crippen molar-refractivity contribution < 1.29 is 22.7 Å². The molecule has 212 valence electrons. The summed E-state index contributed by atoms with van der Waals surface area (Å²) in [6.07, 6.45) is 2.97. The van der Waals surface area contributed by atoms with E-state index in [1.54, 1.807) is 23.1 Å². The quantitative estimate of drug-likeness (QED) is 0.165. The van der Waals surface area contributed by atoms with Crippen molar-refractivity contribution in [3.8, 4) is 16.9 Å². The van der Waals surface area contributed by atoms with E-state index in [1.807, 2.05) is 37.3 Å². The van der Waals surface area contributed by atoms with Gasteiger partial charge < -0.3 is 15.4 Å². The molecule has 0 saturated carbocycles. The van der Waals surface area contributed by atoms with E-state index >= 15 is 0 Å². The first-order valence-electron chi connectivity index (χ1n) is 13.3. The molecule has 0 spiro atoms. The molecule has 3 aromatic carbocycles. The minimum absolute atomic E-state index is 0.126. The number of nitrogens with one attached hydrogen (secondary N) is 2. The molecule has 0 radical (unpaired) electrons. The maximum absolute atomic E-state index is 14.6. The lowest BCUT2D eigenvalue weighted by Gasteiger charge is -2.17. The summed E-state index contributed by atoms with van der Waals surface area (Å²) < 4.78 is 47.5. The maximum Gasteiger partial charge on any atom is 0.261 e. The number of nitrogens with zero attached hydrogens (tertiary/aromatic N) is 3. The van der Waals surface area contributed by atoms with Crippen LogP contribution in [0.2, 0.25) is 0 Å². The summed E-state index contributed by atoms with van der Waals surface area (Å²) in [5.74, 6) is -2.49. The second-order valence-corrected chi connectivity index (χ2v) is 10.1. The first-order valence-corrected chi connectivity index (χ1v) is 13.3. The van der Waals surface area contributed by atoms with Gasteiger partial charge in [0.1, 0.15) is 23.7 Å². The van der Waals surface area contributed by atoms with Gasteiger partial charge in [0.15, 0.2) is 0 Å². The van der Waals surface area contributed by atoms with E-state index in [9.17, 15) is 18.0 Å². The van der Waals surface area contributed by atoms with Crippen molar-refractivity contribution >= 4 is 34.0 Å². The highest BCUT2D eigenvalue weighted by molar-refractivity contribution is 6.03. The highest BCUT2D eigenvalue weighted by Gasteiger charge is 2.37. The predicted molar refractivity (Wildman–Crippen MR) is 154 cm³/mol. The minimum Gasteiger partial charge on any atom is -0.491 e. The molecule has 2 heterocycles. The Balaban J connectivity index is 1.38. The van der Waals surface area contributed by atoms with Gasteiger partial charge in [-0.05, 0) is 54.8 Å². The number of amides is 1. The minimum atomic E-state index is -2.63. The normalized spacial score (nSPS) is 14.6. The molecule has 1 aliphatic heterocycles. The van der Waals surface area contributed by atoms with E-state index in [-0.39, 0.29) is 25.4 Å². The number of ether oxygens (including phenoxy) is 1. The van der Waals surface area contributed by atoms with Gasteiger partial charge in [-0.3, -0.25) is 9.69 Å². The first kappa shape index (κ1) is 28.1. The van der Waals surface area contributed by atoms with Gasteiger partial charge in [-0.25, -0.2) is 23.1 Å². The maximum atomic E-state index is 14.6. The zero-order valence-electron chi connectivity index (χ0n) is 22.6. The van der Waals surface area contributed by atoms with Crippen LogP contribution >= 0.6 is 0 Å². The molecule has 1 aliphatic rings. The van der Waals surface area contributed by atoms with Gasteiger partial charge in [0.25, 0.3) is 5.92 Å². The molecule has 0 bridgehead atoms. The molecule has 4 aromatic rings. The Morgan fingerprint density at radius 3 is 2.78 bits per heavy atom. The number of rotatable bonds is 10. The Hall–Kier alpha value is -4.44. The van der Waals surface area contributed by atoms with Crippen LogP contribution in [0.3, 0.4) is 0 Å². The van der Waals surface area contributed by atoms with Gasteiger partial charge in [0.2, 0.25) is 5.91 Å². The number of carbonyl (C=O) groups is 1. The fourth-order valence-electron chi connectivity index (χ4n) is 4.81. The third-order valence-corrected chi connectivity index (χ3v) is 6.87. The topological polar surface area (TPSA) is 79.4 Å². The predicted octanol–water partition coefficient (Wildman–Crippen LogP) is 6.72. The highest BCUT2D eigenvalue weighted by Crippen LogP contribution is 2.34. The molecule has 0 unspecified atom stereocenters. The summed E-state index contributed by atoms with van der Waals surface area (Å²) >= 11 is 0. The molecule has 1 fully saturated rings. The van der Waals surface area contributed by atoms with E-state index in [4.69, 9.17) is 4.74 Å². The van der Waals surface area contributed by atoms with Crippen LogP contribution in [0.15, 0.2) is 73.6 Å². The van der Waals surface area contributed by atoms with Crippen LogP contribution in [0.1, 0.15) is 18.4 Å². The average molecular weight is 562 g/mol. The van der Waals surface area contributed by atoms with Crippen molar-refractivity contribution in [2.45, 2.75) is 25.7 Å². The number of benzene rings is 3. The van der Waals surface area contributed by atoms with E-state index < -0.39 is 11.8 Å². The number of likely N-dealkylation sites (tertiary alicyclic amines) is 1. The fraction of sp³-hybridized carbons (Fsp3) is 0.258. The SMILES string of the molecule is C=CC(=O)Nc1cc2c(Nc3cccc(-c4ccc(C)cc4F)c3)ncnc2cc1OCCCN1CCC(F)(F)C1. The molecule has 7 nitrogen and oxygen atoms in total. The lowest BCUT2D eigenvalue weighted by molar-refractivity contribution is -0.111. The van der Waals surface area contributed by atoms with E-state index in [0.29, 0.717) is 64.5 Å². The number of fused-ring (bicyclic) bond motifs is 1. The summed E-state index contributed by atoms with van der Waals surface area (Å²) in [7, 11) is 0. The lowest BCUT2D eigenvalue weighted by Crippen LogP contribution is -2.27. The summed E-state index contributed by atoms with van der Waals surface area (Å²) in [4.78, 5) is 22.7. The first-order chi connectivity index (χ1) is 19.7. The van der Waals surface area contributed by atoms with E-state index in [0.717, 1.165) is 11.6 Å². The molecular formula is C31H30F3N5O2. The monoisotopic (exact) mass is 561 g/mol. The number of halogens is 3. The summed E-state index contributed by atoms with van der Waals surface area (Å²) in [6.45, 7) is 6.23. The van der Waals surface area contributed by atoms with Crippen LogP contribution in [-0.2, 0) is 4.79 Å². The Kier molecular flexibility index (Phi) is 8.21. The third-order valence-electron chi connectivity index (χ3n) is 6.87. The molecule has 1 saturated heterocycles. The molecule has 5 rings (SSSR count). The largest absolute Gasteiger partial charge is 0.491 e. The second-order valence-electron chi connectivity index (χ2n) is 10.1. The van der Waals surface area contributed by atoms with Crippen LogP contribution in [0.4, 0.5) is 30.4 Å². The summed E-state index contributed by atoms with van der Waals surface area (Å²) in [6, 6.07) is 15.8. The van der Waals surface area contributed by atoms with Crippen LogP contribution in [0, 0.1) is 12.7 Å². The van der Waals surface area contributed by atoms with E-state index in [2.05, 4.69) is 27.2 Å². The number of hydrogen-bond donors (Lipinski definition) is 2. The van der Waals surface area contributed by atoms with Gasteiger partial charge in [0.05, 0.1) is 24.4 Å². The zero-order valence-corrected chi connectivity index (χ0v) is 22.6. The van der Waals surface area contributed by atoms with Crippen molar-refractivity contribution in [3.63, 3.8) is 0 Å². The fourth-order valence-corrected chi connectivity index (χ4v) is 4.81. The standard InChI is InChI=1S/C31H30F3N5O2/c1-3-29(40)38-27-16-24-26(17-28(27)41-13-5-11-39-12-10-31(33,34)18-39)35-19-36-30(24)37-22-7-4-6-21(15-22)23-9-8-20(2)14-25(23)32/h3-4,6-9,14-17,19H,1,5,10-13,18H2,2H3,(H,38,40)(H,35,36,37). The molecule has 1 amide bonds. The van der Waals surface area contributed by atoms with E-state index in [1.165, 1.54) is 12.4 Å². The average Bonchev–Trinajstić information content (AvgIpc) is 3.29. The Bertz CT molecular complexity index is 1590. The molecule has 0 atom stereocenters. The van der Waals surface area contributed by atoms with Crippen LogP contribution in [0.25, 0.3) is 22.0 Å². The molecule has 2 N–H and O–H groups in total. The number of anilines is 3. The van der Waals surface area contributed by atoms with Crippen LogP contribution < -0.4 is 15.4 Å². The van der Waals surface area contributed by atoms with Crippen molar-refractivity contribution in [1.29, 1.82) is 0 Å². The molecule has 0 aliphatic carbocycles. The van der Waals surface area contributed by atoms with Crippen LogP contribution in [0.5, 0.6) is 5.75 Å². The molecule has 1 aromatic heterocycles. The summed E-state index contributed by atoms with van der Waals surface area (Å²) in [5, 5.41) is 6.66. The molecule has 41 heavy (non-hydrogen) atoms. The zero-order chi connectivity index (χ0) is 29.0. The van der Waals surface area contributed by atoms with Crippen molar-refractivity contribution in [2.75, 3.05) is 36.9 Å². The third kappa shape index (κ3) is 6.83. The van der Waals surface area contributed by atoms with Crippen molar-refractivity contribution in [2.24, 2.45) is 0 Å². The number of alkyl halides is 2. The summed E-state index contributed by atoms with van der Waals surface area (Å²) in [5.41, 5.74) is 3.68. The highest BCUT2D eigenvalue weighted by atomic mass is 19.3. The van der Waals surface area contributed by atoms with Crippen molar-refractivity contribution in [3.05, 3.63) is 85.0 Å². The van der Waals surface area contributed by atoms with Gasteiger partial charge >= 0.3 is 0 Å². The Morgan fingerprint density at radius 2 is 2.02 bits per heavy atom. The number of aryl methyl sites for hydroxylation is 1. The smallest absolute Gasteiger partial charge is 0.261 e. The van der Waals surface area contributed by atoms with Gasteiger partial charge in [-0.15, -0.1) is 0 Å². The second kappa shape index (κ2) is 12.0. The Morgan fingerprint density at radius 1 is 1.17 bits per heavy atom. The van der Waals surface area contributed by atoms with Gasteiger partial charge in [0, 0.05) is 42.2 Å². The molecular weight excluding hydrogens is 531 g/mol. The lowest BCUT2D eigenvalue weighted by atomic mass is 10.0.